The van der Waals surface area contributed by atoms with Crippen molar-refractivity contribution in [2.45, 2.75) is 18.9 Å². The van der Waals surface area contributed by atoms with Crippen LogP contribution in [-0.2, 0) is 12.8 Å². The molecule has 3 nitrogen and oxygen atoms in total. The number of fused-ring (bicyclic) bond motifs is 1. The van der Waals surface area contributed by atoms with Crippen molar-refractivity contribution >= 4 is 21.7 Å². The second-order valence-corrected chi connectivity index (χ2v) is 5.06. The first-order chi connectivity index (χ1) is 8.31. The van der Waals surface area contributed by atoms with Gasteiger partial charge in [-0.2, -0.15) is 0 Å². The van der Waals surface area contributed by atoms with Crippen LogP contribution in [0.1, 0.15) is 11.1 Å². The highest BCUT2D eigenvalue weighted by Gasteiger charge is 2.20. The van der Waals surface area contributed by atoms with Gasteiger partial charge >= 0.3 is 0 Å². The molecule has 1 aliphatic carbocycles. The maximum absolute atomic E-state index is 4.21. The van der Waals surface area contributed by atoms with E-state index >= 15 is 0 Å². The summed E-state index contributed by atoms with van der Waals surface area (Å²) in [6.45, 7) is 0. The van der Waals surface area contributed by atoms with Gasteiger partial charge in [0, 0.05) is 12.1 Å². The fraction of sp³-hybridized carbons (Fsp3) is 0.231. The maximum atomic E-state index is 4.21. The molecule has 0 aliphatic heterocycles. The van der Waals surface area contributed by atoms with Crippen molar-refractivity contribution in [1.82, 2.24) is 9.97 Å². The molecule has 4 heteroatoms. The van der Waals surface area contributed by atoms with Crippen LogP contribution >= 0.6 is 15.9 Å². The third-order valence-corrected chi connectivity index (χ3v) is 3.47. The molecule has 1 aromatic carbocycles. The summed E-state index contributed by atoms with van der Waals surface area (Å²) in [6, 6.07) is 10.9. The zero-order chi connectivity index (χ0) is 11.7. The average molecular weight is 290 g/mol. The molecule has 3 rings (SSSR count). The predicted octanol–water partition coefficient (Wildman–Crippen LogP) is 2.82. The molecule has 0 saturated heterocycles. The lowest BCUT2D eigenvalue weighted by molar-refractivity contribution is 0.767. The SMILES string of the molecule is Brc1cc(NC2Cc3ccccc3C2)ncn1. The van der Waals surface area contributed by atoms with Crippen LogP contribution < -0.4 is 5.32 Å². The summed E-state index contributed by atoms with van der Waals surface area (Å²) in [5.41, 5.74) is 2.89. The van der Waals surface area contributed by atoms with Crippen LogP contribution in [0.5, 0.6) is 0 Å². The Morgan fingerprint density at radius 1 is 1.12 bits per heavy atom. The van der Waals surface area contributed by atoms with Gasteiger partial charge in [-0.15, -0.1) is 0 Å². The minimum absolute atomic E-state index is 0.439. The minimum atomic E-state index is 0.439. The summed E-state index contributed by atoms with van der Waals surface area (Å²) in [4.78, 5) is 8.23. The average Bonchev–Trinajstić information content (AvgIpc) is 2.71. The van der Waals surface area contributed by atoms with Crippen molar-refractivity contribution < 1.29 is 0 Å². The number of halogens is 1. The van der Waals surface area contributed by atoms with Gasteiger partial charge in [-0.3, -0.25) is 0 Å². The lowest BCUT2D eigenvalue weighted by Gasteiger charge is -2.12. The highest BCUT2D eigenvalue weighted by atomic mass is 79.9. The molecule has 0 spiro atoms. The fourth-order valence-electron chi connectivity index (χ4n) is 2.28. The van der Waals surface area contributed by atoms with Crippen LogP contribution in [0.2, 0.25) is 0 Å². The van der Waals surface area contributed by atoms with E-state index in [1.54, 1.807) is 6.33 Å². The summed E-state index contributed by atoms with van der Waals surface area (Å²) in [6.07, 6.45) is 3.70. The lowest BCUT2D eigenvalue weighted by atomic mass is 10.1. The predicted molar refractivity (Wildman–Crippen MR) is 71.0 cm³/mol. The molecular weight excluding hydrogens is 278 g/mol. The van der Waals surface area contributed by atoms with Crippen LogP contribution in [-0.4, -0.2) is 16.0 Å². The molecule has 0 fully saturated rings. The van der Waals surface area contributed by atoms with Crippen LogP contribution in [0, 0.1) is 0 Å². The number of aromatic nitrogens is 2. The molecule has 1 aliphatic rings. The molecule has 17 heavy (non-hydrogen) atoms. The summed E-state index contributed by atoms with van der Waals surface area (Å²) in [7, 11) is 0. The fourth-order valence-corrected chi connectivity index (χ4v) is 2.59. The van der Waals surface area contributed by atoms with Crippen molar-refractivity contribution in [2.75, 3.05) is 5.32 Å². The molecule has 0 saturated carbocycles. The summed E-state index contributed by atoms with van der Waals surface area (Å²) in [5, 5.41) is 3.45. The number of rotatable bonds is 2. The van der Waals surface area contributed by atoms with E-state index in [-0.39, 0.29) is 0 Å². The van der Waals surface area contributed by atoms with E-state index < -0.39 is 0 Å². The Labute approximate surface area is 108 Å². The van der Waals surface area contributed by atoms with Gasteiger partial charge in [-0.05, 0) is 39.9 Å². The Bertz CT molecular complexity index is 517. The van der Waals surface area contributed by atoms with Crippen LogP contribution in [0.3, 0.4) is 0 Å². The molecule has 2 aromatic rings. The first kappa shape index (κ1) is 10.7. The van der Waals surface area contributed by atoms with E-state index in [1.807, 2.05) is 6.07 Å². The van der Waals surface area contributed by atoms with E-state index in [0.717, 1.165) is 23.3 Å². The van der Waals surface area contributed by atoms with Crippen LogP contribution in [0.4, 0.5) is 5.82 Å². The van der Waals surface area contributed by atoms with E-state index in [0.29, 0.717) is 6.04 Å². The smallest absolute Gasteiger partial charge is 0.130 e. The third kappa shape index (κ3) is 2.31. The summed E-state index contributed by atoms with van der Waals surface area (Å²) in [5.74, 6) is 0.879. The maximum Gasteiger partial charge on any atom is 0.130 e. The van der Waals surface area contributed by atoms with Crippen LogP contribution in [0.15, 0.2) is 41.3 Å². The number of hydrogen-bond donors (Lipinski definition) is 1. The molecule has 1 heterocycles. The van der Waals surface area contributed by atoms with Gasteiger partial charge in [-0.1, -0.05) is 24.3 Å². The molecular formula is C13H12BrN3. The Kier molecular flexibility index (Phi) is 2.81. The second kappa shape index (κ2) is 4.45. The van der Waals surface area contributed by atoms with Crippen molar-refractivity contribution in [3.05, 3.63) is 52.4 Å². The molecule has 0 unspecified atom stereocenters. The Hall–Kier alpha value is -1.42. The standard InChI is InChI=1S/C13H12BrN3/c14-12-7-13(16-8-15-12)17-11-5-9-3-1-2-4-10(9)6-11/h1-4,7-8,11H,5-6H2,(H,15,16,17). The van der Waals surface area contributed by atoms with Crippen molar-refractivity contribution in [1.29, 1.82) is 0 Å². The van der Waals surface area contributed by atoms with E-state index in [4.69, 9.17) is 0 Å². The Morgan fingerprint density at radius 3 is 2.47 bits per heavy atom. The van der Waals surface area contributed by atoms with Crippen molar-refractivity contribution in [2.24, 2.45) is 0 Å². The van der Waals surface area contributed by atoms with Gasteiger partial charge in [0.25, 0.3) is 0 Å². The van der Waals surface area contributed by atoms with Gasteiger partial charge in [0.2, 0.25) is 0 Å². The number of hydrogen-bond acceptors (Lipinski definition) is 3. The van der Waals surface area contributed by atoms with E-state index in [1.165, 1.54) is 11.1 Å². The normalized spacial score (nSPS) is 14.6. The van der Waals surface area contributed by atoms with Gasteiger partial charge in [0.1, 0.15) is 16.7 Å². The first-order valence-corrected chi connectivity index (χ1v) is 6.41. The van der Waals surface area contributed by atoms with Gasteiger partial charge in [0.05, 0.1) is 0 Å². The Morgan fingerprint density at radius 2 is 1.82 bits per heavy atom. The highest BCUT2D eigenvalue weighted by molar-refractivity contribution is 9.10. The molecule has 86 valence electrons. The number of anilines is 1. The summed E-state index contributed by atoms with van der Waals surface area (Å²) < 4.78 is 0.811. The van der Waals surface area contributed by atoms with Crippen molar-refractivity contribution in [3.63, 3.8) is 0 Å². The number of nitrogens with zero attached hydrogens (tertiary/aromatic N) is 2. The zero-order valence-corrected chi connectivity index (χ0v) is 10.8. The number of benzene rings is 1. The molecule has 0 radical (unpaired) electrons. The van der Waals surface area contributed by atoms with Gasteiger partial charge in [0.15, 0.2) is 0 Å². The monoisotopic (exact) mass is 289 g/mol. The second-order valence-electron chi connectivity index (χ2n) is 4.24. The highest BCUT2D eigenvalue weighted by Crippen LogP contribution is 2.24. The number of nitrogens with one attached hydrogen (secondary N) is 1. The molecule has 1 N–H and O–H groups in total. The van der Waals surface area contributed by atoms with Gasteiger partial charge < -0.3 is 5.32 Å². The first-order valence-electron chi connectivity index (χ1n) is 5.62. The quantitative estimate of drug-likeness (QED) is 0.864. The van der Waals surface area contributed by atoms with Crippen LogP contribution in [0.25, 0.3) is 0 Å². The van der Waals surface area contributed by atoms with Gasteiger partial charge in [-0.25, -0.2) is 9.97 Å². The van der Waals surface area contributed by atoms with E-state index in [2.05, 4.69) is 55.5 Å². The zero-order valence-electron chi connectivity index (χ0n) is 9.23. The molecule has 0 amide bonds. The largest absolute Gasteiger partial charge is 0.367 e. The molecule has 1 aromatic heterocycles. The molecule has 0 bridgehead atoms. The van der Waals surface area contributed by atoms with E-state index in [9.17, 15) is 0 Å². The topological polar surface area (TPSA) is 37.8 Å². The van der Waals surface area contributed by atoms with Crippen molar-refractivity contribution in [3.8, 4) is 0 Å². The third-order valence-electron chi connectivity index (χ3n) is 3.04. The molecule has 0 atom stereocenters. The lowest BCUT2D eigenvalue weighted by Crippen LogP contribution is -2.20. The Balaban J connectivity index is 1.74. The summed E-state index contributed by atoms with van der Waals surface area (Å²) >= 11 is 3.35. The minimum Gasteiger partial charge on any atom is -0.367 e.